The van der Waals surface area contributed by atoms with Crippen LogP contribution < -0.4 is 0 Å². The molecule has 98 valence electrons. The second kappa shape index (κ2) is 5.08. The third-order valence-electron chi connectivity index (χ3n) is 2.76. The van der Waals surface area contributed by atoms with E-state index in [0.29, 0.717) is 6.61 Å². The number of amides is 1. The Balaban J connectivity index is 2.88. The van der Waals surface area contributed by atoms with Gasteiger partial charge < -0.3 is 14.4 Å². The van der Waals surface area contributed by atoms with Crippen molar-refractivity contribution in [3.8, 4) is 0 Å². The van der Waals surface area contributed by atoms with Gasteiger partial charge in [-0.05, 0) is 18.8 Å². The molecule has 0 saturated carbocycles. The number of likely N-dealkylation sites (N-methyl/N-ethyl adjacent to an activating group) is 1. The molecule has 1 saturated heterocycles. The molecule has 0 radical (unpaired) electrons. The number of carbonyl (C=O) groups is 1. The van der Waals surface area contributed by atoms with Crippen molar-refractivity contribution in [2.24, 2.45) is 5.41 Å². The topological polar surface area (TPSA) is 38.8 Å². The zero-order valence-electron chi connectivity index (χ0n) is 11.0. The molecule has 0 aromatic heterocycles. The van der Waals surface area contributed by atoms with E-state index in [1.807, 2.05) is 27.7 Å². The lowest BCUT2D eigenvalue weighted by atomic mass is 9.85. The quantitative estimate of drug-likeness (QED) is 0.787. The van der Waals surface area contributed by atoms with E-state index in [1.165, 1.54) is 4.90 Å². The first-order valence-electron chi connectivity index (χ1n) is 5.55. The first-order valence-corrected chi connectivity index (χ1v) is 6.46. The van der Waals surface area contributed by atoms with Crippen LogP contribution in [0.3, 0.4) is 0 Å². The van der Waals surface area contributed by atoms with Gasteiger partial charge in [-0.3, -0.25) is 4.79 Å². The normalized spacial score (nSPS) is 27.1. The molecule has 1 aliphatic heterocycles. The van der Waals surface area contributed by atoms with E-state index >= 15 is 0 Å². The van der Waals surface area contributed by atoms with E-state index in [-0.39, 0.29) is 11.3 Å². The van der Waals surface area contributed by atoms with Crippen LogP contribution in [0.1, 0.15) is 27.7 Å². The maximum Gasteiger partial charge on any atom is 0.256 e. The zero-order valence-corrected chi connectivity index (χ0v) is 12.6. The summed E-state index contributed by atoms with van der Waals surface area (Å²) in [5, 5.41) is 0. The number of halogens is 1. The smallest absolute Gasteiger partial charge is 0.256 e. The van der Waals surface area contributed by atoms with E-state index in [0.717, 1.165) is 0 Å². The van der Waals surface area contributed by atoms with Gasteiger partial charge in [-0.1, -0.05) is 29.8 Å². The highest BCUT2D eigenvalue weighted by molar-refractivity contribution is 9.11. The fraction of sp³-hybridized carbons (Fsp3) is 0.750. The van der Waals surface area contributed by atoms with Gasteiger partial charge in [0.05, 0.1) is 6.61 Å². The van der Waals surface area contributed by atoms with E-state index in [4.69, 9.17) is 9.47 Å². The van der Waals surface area contributed by atoms with Crippen LogP contribution in [0.15, 0.2) is 11.2 Å². The predicted octanol–water partition coefficient (Wildman–Crippen LogP) is 2.49. The molecule has 0 aromatic carbocycles. The average molecular weight is 306 g/mol. The highest BCUT2D eigenvalue weighted by Gasteiger charge is 2.46. The highest BCUT2D eigenvalue weighted by atomic mass is 79.9. The van der Waals surface area contributed by atoms with Gasteiger partial charge in [-0.2, -0.15) is 0 Å². The van der Waals surface area contributed by atoms with Gasteiger partial charge in [0.1, 0.15) is 6.10 Å². The van der Waals surface area contributed by atoms with Crippen molar-refractivity contribution in [2.45, 2.75) is 39.6 Å². The summed E-state index contributed by atoms with van der Waals surface area (Å²) in [6.07, 6.45) is 1.16. The van der Waals surface area contributed by atoms with Crippen molar-refractivity contribution in [3.05, 3.63) is 11.2 Å². The van der Waals surface area contributed by atoms with E-state index in [1.54, 1.807) is 18.2 Å². The summed E-state index contributed by atoms with van der Waals surface area (Å²) >= 11 is 3.15. The molecule has 1 heterocycles. The van der Waals surface area contributed by atoms with Crippen LogP contribution in [0.25, 0.3) is 0 Å². The van der Waals surface area contributed by atoms with Crippen molar-refractivity contribution in [3.63, 3.8) is 0 Å². The summed E-state index contributed by atoms with van der Waals surface area (Å²) < 4.78 is 11.3. The van der Waals surface area contributed by atoms with Crippen molar-refractivity contribution < 1.29 is 14.3 Å². The molecule has 1 aliphatic rings. The molecule has 1 rings (SSSR count). The minimum absolute atomic E-state index is 0.0675. The number of rotatable bonds is 2. The van der Waals surface area contributed by atoms with Gasteiger partial charge in [0, 0.05) is 18.7 Å². The molecule has 0 aliphatic carbocycles. The Bertz CT molecular complexity index is 326. The average Bonchev–Trinajstić information content (AvgIpc) is 2.22. The summed E-state index contributed by atoms with van der Waals surface area (Å²) in [6.45, 7) is 8.08. The summed E-state index contributed by atoms with van der Waals surface area (Å²) in [7, 11) is 1.71. The second-order valence-corrected chi connectivity index (χ2v) is 5.93. The van der Waals surface area contributed by atoms with E-state index in [2.05, 4.69) is 15.9 Å². The van der Waals surface area contributed by atoms with Gasteiger partial charge in [0.15, 0.2) is 5.79 Å². The number of carbonyl (C=O) groups excluding carboxylic acids is 1. The molecule has 1 unspecified atom stereocenters. The minimum Gasteiger partial charge on any atom is -0.350 e. The lowest BCUT2D eigenvalue weighted by Gasteiger charge is -2.45. The van der Waals surface area contributed by atoms with Gasteiger partial charge >= 0.3 is 0 Å². The summed E-state index contributed by atoms with van der Waals surface area (Å²) in [5.41, 5.74) is -0.332. The molecule has 0 spiro atoms. The molecule has 17 heavy (non-hydrogen) atoms. The zero-order chi connectivity index (χ0) is 13.3. The Morgan fingerprint density at radius 3 is 2.53 bits per heavy atom. The predicted molar refractivity (Wildman–Crippen MR) is 69.5 cm³/mol. The molecule has 1 fully saturated rings. The lowest BCUT2D eigenvalue weighted by molar-refractivity contribution is -0.305. The van der Waals surface area contributed by atoms with Gasteiger partial charge in [0.25, 0.3) is 5.91 Å². The van der Waals surface area contributed by atoms with Crippen LogP contribution in [-0.4, -0.2) is 36.4 Å². The monoisotopic (exact) mass is 305 g/mol. The molecule has 1 atom stereocenters. The maximum atomic E-state index is 12.3. The number of ether oxygens (including phenoxy) is 2. The van der Waals surface area contributed by atoms with Crippen molar-refractivity contribution in [1.29, 1.82) is 0 Å². The summed E-state index contributed by atoms with van der Waals surface area (Å²) in [5.74, 6) is -0.781. The molecule has 1 amide bonds. The fourth-order valence-corrected chi connectivity index (χ4v) is 2.00. The third kappa shape index (κ3) is 3.53. The number of hydrogen-bond donors (Lipinski definition) is 0. The standard InChI is InChI=1S/C12H20BrNO3/c1-11(2)8-16-12(3,4)17-9(11)10(15)14(5)7-6-13/h6-7,9H,8H2,1-5H3/b7-6-. The lowest BCUT2D eigenvalue weighted by Crippen LogP contribution is -2.56. The first-order chi connectivity index (χ1) is 7.69. The van der Waals surface area contributed by atoms with E-state index in [9.17, 15) is 4.79 Å². The van der Waals surface area contributed by atoms with E-state index < -0.39 is 11.9 Å². The summed E-state index contributed by atoms with van der Waals surface area (Å²) in [4.78, 5) is 15.4. The summed E-state index contributed by atoms with van der Waals surface area (Å²) in [6, 6.07) is 0. The third-order valence-corrected chi connectivity index (χ3v) is 2.99. The van der Waals surface area contributed by atoms with Gasteiger partial charge in [-0.25, -0.2) is 0 Å². The molecule has 0 N–H and O–H groups in total. The van der Waals surface area contributed by atoms with Gasteiger partial charge in [-0.15, -0.1) is 0 Å². The van der Waals surface area contributed by atoms with Crippen LogP contribution in [0.4, 0.5) is 0 Å². The molecule has 4 nitrogen and oxygen atoms in total. The van der Waals surface area contributed by atoms with Crippen LogP contribution in [0.2, 0.25) is 0 Å². The van der Waals surface area contributed by atoms with Gasteiger partial charge in [0.2, 0.25) is 0 Å². The Morgan fingerprint density at radius 1 is 1.41 bits per heavy atom. The maximum absolute atomic E-state index is 12.3. The SMILES string of the molecule is CN(/C=C\Br)C(=O)C1OC(C)(C)OCC1(C)C. The number of nitrogens with zero attached hydrogens (tertiary/aromatic N) is 1. The second-order valence-electron chi connectivity index (χ2n) is 5.40. The Labute approximate surface area is 111 Å². The largest absolute Gasteiger partial charge is 0.350 e. The first kappa shape index (κ1) is 14.7. The van der Waals surface area contributed by atoms with Crippen LogP contribution in [-0.2, 0) is 14.3 Å². The highest BCUT2D eigenvalue weighted by Crippen LogP contribution is 2.35. The van der Waals surface area contributed by atoms with Crippen LogP contribution >= 0.6 is 15.9 Å². The Hall–Kier alpha value is -0.390. The molecule has 5 heteroatoms. The van der Waals surface area contributed by atoms with Crippen LogP contribution in [0.5, 0.6) is 0 Å². The van der Waals surface area contributed by atoms with Crippen LogP contribution in [0, 0.1) is 5.41 Å². The molecular weight excluding hydrogens is 286 g/mol. The van der Waals surface area contributed by atoms with Crippen molar-refractivity contribution in [1.82, 2.24) is 4.90 Å². The molecular formula is C12H20BrNO3. The van der Waals surface area contributed by atoms with Crippen molar-refractivity contribution in [2.75, 3.05) is 13.7 Å². The fourth-order valence-electron chi connectivity index (χ4n) is 1.64. The molecule has 0 bridgehead atoms. The Morgan fingerprint density at radius 2 is 2.00 bits per heavy atom. The molecule has 0 aromatic rings. The van der Waals surface area contributed by atoms with Crippen molar-refractivity contribution >= 4 is 21.8 Å². The number of hydrogen-bond acceptors (Lipinski definition) is 3. The Kier molecular flexibility index (Phi) is 4.38. The minimum atomic E-state index is -0.713.